The van der Waals surface area contributed by atoms with Crippen molar-refractivity contribution in [3.63, 3.8) is 0 Å². The molecule has 1 aromatic rings. The third-order valence-electron chi connectivity index (χ3n) is 4.12. The molecule has 0 aliphatic heterocycles. The summed E-state index contributed by atoms with van der Waals surface area (Å²) in [7, 11) is 1.89. The molecule has 1 aliphatic carbocycles. The summed E-state index contributed by atoms with van der Waals surface area (Å²) in [5.41, 5.74) is 1.47. The third-order valence-corrected chi connectivity index (χ3v) is 4.12. The van der Waals surface area contributed by atoms with Crippen LogP contribution in [0.15, 0.2) is 35.9 Å². The maximum Gasteiger partial charge on any atom is 0.234 e. The van der Waals surface area contributed by atoms with Crippen LogP contribution in [0.1, 0.15) is 32.1 Å². The fourth-order valence-corrected chi connectivity index (χ4v) is 2.72. The van der Waals surface area contributed by atoms with Gasteiger partial charge in [-0.15, -0.1) is 0 Å². The van der Waals surface area contributed by atoms with Gasteiger partial charge in [-0.2, -0.15) is 0 Å². The van der Waals surface area contributed by atoms with Crippen molar-refractivity contribution < 1.29 is 13.9 Å². The Labute approximate surface area is 143 Å². The van der Waals surface area contributed by atoms with Crippen molar-refractivity contribution >= 4 is 5.91 Å². The average molecular weight is 334 g/mol. The van der Waals surface area contributed by atoms with E-state index in [9.17, 15) is 9.18 Å². The number of likely N-dealkylation sites (N-methyl/N-ethyl adjacent to an activating group) is 1. The van der Waals surface area contributed by atoms with Crippen molar-refractivity contribution in [3.05, 3.63) is 41.7 Å². The standard InChI is InChI=1S/C19H27FN2O2/c1-22(13-14-24-18-9-7-17(20)8-10-18)15-19(23)21-12-11-16-5-3-2-4-6-16/h5,7-10H,2-4,6,11-15H2,1H3,(H,21,23). The SMILES string of the molecule is CN(CCOc1ccc(F)cc1)CC(=O)NCCC1=CCCCC1. The van der Waals surface area contributed by atoms with E-state index in [1.54, 1.807) is 12.1 Å². The molecular formula is C19H27FN2O2. The van der Waals surface area contributed by atoms with Crippen molar-refractivity contribution in [1.82, 2.24) is 10.2 Å². The van der Waals surface area contributed by atoms with Crippen molar-refractivity contribution in [1.29, 1.82) is 0 Å². The van der Waals surface area contributed by atoms with Gasteiger partial charge in [-0.3, -0.25) is 9.69 Å². The van der Waals surface area contributed by atoms with E-state index >= 15 is 0 Å². The van der Waals surface area contributed by atoms with Gasteiger partial charge in [-0.1, -0.05) is 11.6 Å². The fraction of sp³-hybridized carbons (Fsp3) is 0.526. The highest BCUT2D eigenvalue weighted by Crippen LogP contribution is 2.19. The van der Waals surface area contributed by atoms with Crippen LogP contribution in [0, 0.1) is 5.82 Å². The lowest BCUT2D eigenvalue weighted by atomic mass is 9.97. The third kappa shape index (κ3) is 7.13. The summed E-state index contributed by atoms with van der Waals surface area (Å²) in [5.74, 6) is 0.394. The Kier molecular flexibility index (Phi) is 7.75. The summed E-state index contributed by atoms with van der Waals surface area (Å²) in [5, 5.41) is 2.97. The molecule has 0 aromatic heterocycles. The van der Waals surface area contributed by atoms with E-state index in [0.29, 0.717) is 32.0 Å². The lowest BCUT2D eigenvalue weighted by Gasteiger charge is -2.17. The zero-order valence-corrected chi connectivity index (χ0v) is 14.4. The first-order valence-electron chi connectivity index (χ1n) is 8.65. The molecule has 1 N–H and O–H groups in total. The highest BCUT2D eigenvalue weighted by molar-refractivity contribution is 5.77. The van der Waals surface area contributed by atoms with Crippen LogP contribution < -0.4 is 10.1 Å². The van der Waals surface area contributed by atoms with E-state index in [1.165, 1.54) is 43.4 Å². The van der Waals surface area contributed by atoms with E-state index in [4.69, 9.17) is 4.74 Å². The molecule has 1 aliphatic rings. The molecule has 24 heavy (non-hydrogen) atoms. The Hall–Kier alpha value is -1.88. The molecule has 0 radical (unpaired) electrons. The summed E-state index contributed by atoms with van der Waals surface area (Å²) in [6.45, 7) is 2.16. The minimum Gasteiger partial charge on any atom is -0.492 e. The normalized spacial score (nSPS) is 14.4. The van der Waals surface area contributed by atoms with Gasteiger partial charge in [0.1, 0.15) is 18.2 Å². The predicted molar refractivity (Wildman–Crippen MR) is 93.6 cm³/mol. The number of hydrogen-bond acceptors (Lipinski definition) is 3. The first-order valence-corrected chi connectivity index (χ1v) is 8.65. The Morgan fingerprint density at radius 2 is 2.08 bits per heavy atom. The molecule has 0 heterocycles. The second-order valence-electron chi connectivity index (χ2n) is 6.25. The van der Waals surface area contributed by atoms with Crippen LogP contribution >= 0.6 is 0 Å². The molecule has 1 aromatic carbocycles. The minimum absolute atomic E-state index is 0.0377. The number of amides is 1. The quantitative estimate of drug-likeness (QED) is 0.706. The zero-order valence-electron chi connectivity index (χ0n) is 14.4. The summed E-state index contributed by atoms with van der Waals surface area (Å²) < 4.78 is 18.3. The van der Waals surface area contributed by atoms with Crippen LogP contribution in [0.2, 0.25) is 0 Å². The maximum absolute atomic E-state index is 12.8. The second-order valence-corrected chi connectivity index (χ2v) is 6.25. The van der Waals surface area contributed by atoms with E-state index in [1.807, 2.05) is 11.9 Å². The van der Waals surface area contributed by atoms with Crippen molar-refractivity contribution in [3.8, 4) is 5.75 Å². The van der Waals surface area contributed by atoms with Gasteiger partial charge in [0, 0.05) is 13.1 Å². The van der Waals surface area contributed by atoms with Crippen molar-refractivity contribution in [2.45, 2.75) is 32.1 Å². The van der Waals surface area contributed by atoms with Crippen LogP contribution in [-0.4, -0.2) is 44.1 Å². The van der Waals surface area contributed by atoms with Gasteiger partial charge in [0.05, 0.1) is 6.54 Å². The lowest BCUT2D eigenvalue weighted by Crippen LogP contribution is -2.37. The van der Waals surface area contributed by atoms with E-state index in [-0.39, 0.29) is 11.7 Å². The number of ether oxygens (including phenoxy) is 1. The number of carbonyl (C=O) groups is 1. The molecule has 5 heteroatoms. The van der Waals surface area contributed by atoms with E-state index in [0.717, 1.165) is 6.42 Å². The van der Waals surface area contributed by atoms with Gasteiger partial charge in [0.15, 0.2) is 0 Å². The largest absolute Gasteiger partial charge is 0.492 e. The van der Waals surface area contributed by atoms with Gasteiger partial charge in [-0.05, 0) is 63.4 Å². The molecule has 0 atom stereocenters. The fourth-order valence-electron chi connectivity index (χ4n) is 2.72. The second kappa shape index (κ2) is 10.1. The molecule has 2 rings (SSSR count). The highest BCUT2D eigenvalue weighted by atomic mass is 19.1. The van der Waals surface area contributed by atoms with Crippen molar-refractivity contribution in [2.24, 2.45) is 0 Å². The number of hydrogen-bond donors (Lipinski definition) is 1. The van der Waals surface area contributed by atoms with Gasteiger partial charge in [-0.25, -0.2) is 4.39 Å². The molecule has 0 saturated carbocycles. The Balaban J connectivity index is 1.55. The Morgan fingerprint density at radius 3 is 2.79 bits per heavy atom. The van der Waals surface area contributed by atoms with Gasteiger partial charge >= 0.3 is 0 Å². The van der Waals surface area contributed by atoms with Crippen molar-refractivity contribution in [2.75, 3.05) is 33.3 Å². The minimum atomic E-state index is -0.278. The average Bonchev–Trinajstić information content (AvgIpc) is 2.57. The van der Waals surface area contributed by atoms with Crippen LogP contribution in [0.4, 0.5) is 4.39 Å². The number of rotatable bonds is 9. The lowest BCUT2D eigenvalue weighted by molar-refractivity contribution is -0.121. The first-order chi connectivity index (χ1) is 11.6. The highest BCUT2D eigenvalue weighted by Gasteiger charge is 2.08. The summed E-state index contributed by atoms with van der Waals surface area (Å²) in [6, 6.07) is 5.94. The number of allylic oxidation sites excluding steroid dienone is 1. The first kappa shape index (κ1) is 18.5. The number of carbonyl (C=O) groups excluding carboxylic acids is 1. The van der Waals surface area contributed by atoms with Gasteiger partial charge in [0.2, 0.25) is 5.91 Å². The van der Waals surface area contributed by atoms with Crippen LogP contribution in [0.3, 0.4) is 0 Å². The number of nitrogens with zero attached hydrogens (tertiary/aromatic N) is 1. The van der Waals surface area contributed by atoms with E-state index in [2.05, 4.69) is 11.4 Å². The number of nitrogens with one attached hydrogen (secondary N) is 1. The molecule has 0 unspecified atom stereocenters. The van der Waals surface area contributed by atoms with Crippen LogP contribution in [-0.2, 0) is 4.79 Å². The molecule has 0 spiro atoms. The summed E-state index contributed by atoms with van der Waals surface area (Å²) >= 11 is 0. The monoisotopic (exact) mass is 334 g/mol. The number of halogens is 1. The molecular weight excluding hydrogens is 307 g/mol. The molecule has 0 bridgehead atoms. The van der Waals surface area contributed by atoms with Gasteiger partial charge in [0.25, 0.3) is 0 Å². The molecule has 4 nitrogen and oxygen atoms in total. The molecule has 0 fully saturated rings. The number of benzene rings is 1. The smallest absolute Gasteiger partial charge is 0.234 e. The Morgan fingerprint density at radius 1 is 1.29 bits per heavy atom. The molecule has 1 amide bonds. The van der Waals surface area contributed by atoms with Crippen LogP contribution in [0.25, 0.3) is 0 Å². The summed E-state index contributed by atoms with van der Waals surface area (Å²) in [6.07, 6.45) is 8.20. The summed E-state index contributed by atoms with van der Waals surface area (Å²) in [4.78, 5) is 13.8. The predicted octanol–water partition coefficient (Wildman–Crippen LogP) is 3.14. The van der Waals surface area contributed by atoms with Gasteiger partial charge < -0.3 is 10.1 Å². The van der Waals surface area contributed by atoms with Crippen LogP contribution in [0.5, 0.6) is 5.75 Å². The van der Waals surface area contributed by atoms with E-state index < -0.39 is 0 Å². The topological polar surface area (TPSA) is 41.6 Å². The molecule has 0 saturated heterocycles. The Bertz CT molecular complexity index is 543. The maximum atomic E-state index is 12.8. The molecule has 132 valence electrons. The zero-order chi connectivity index (χ0) is 17.2.